The minimum absolute atomic E-state index is 0.213. The average Bonchev–Trinajstić information content (AvgIpc) is 3.13. The molecule has 3 rings (SSSR count). The van der Waals surface area contributed by atoms with E-state index in [4.69, 9.17) is 9.47 Å². The van der Waals surface area contributed by atoms with Crippen LogP contribution in [-0.2, 0) is 33.7 Å². The van der Waals surface area contributed by atoms with Crippen molar-refractivity contribution in [1.29, 1.82) is 0 Å². The van der Waals surface area contributed by atoms with Gasteiger partial charge < -0.3 is 14.8 Å². The van der Waals surface area contributed by atoms with Crippen LogP contribution in [0.4, 0.5) is 0 Å². The SMILES string of the molecule is C[C@@H](OC(=O)COc1ccc2c(c1)CCC2)C(=O)NCc1ccccc1. The molecule has 0 bridgehead atoms. The molecule has 0 unspecified atom stereocenters. The molecule has 0 aliphatic heterocycles. The van der Waals surface area contributed by atoms with Crippen LogP contribution in [0, 0.1) is 0 Å². The van der Waals surface area contributed by atoms with Gasteiger partial charge in [-0.1, -0.05) is 36.4 Å². The first-order valence-corrected chi connectivity index (χ1v) is 8.87. The number of carbonyl (C=O) groups excluding carboxylic acids is 2. The first-order chi connectivity index (χ1) is 12.6. The van der Waals surface area contributed by atoms with E-state index in [1.165, 1.54) is 11.1 Å². The Balaban J connectivity index is 1.41. The van der Waals surface area contributed by atoms with Crippen LogP contribution in [0.1, 0.15) is 30.0 Å². The van der Waals surface area contributed by atoms with Crippen molar-refractivity contribution in [3.63, 3.8) is 0 Å². The van der Waals surface area contributed by atoms with E-state index in [0.717, 1.165) is 24.8 Å². The molecular formula is C21H23NO4. The van der Waals surface area contributed by atoms with E-state index in [2.05, 4.69) is 5.32 Å². The van der Waals surface area contributed by atoms with Crippen molar-refractivity contribution in [3.05, 3.63) is 65.2 Å². The summed E-state index contributed by atoms with van der Waals surface area (Å²) in [6.07, 6.45) is 2.45. The first-order valence-electron chi connectivity index (χ1n) is 8.87. The lowest BCUT2D eigenvalue weighted by molar-refractivity contribution is -0.156. The van der Waals surface area contributed by atoms with Crippen LogP contribution in [-0.4, -0.2) is 24.6 Å². The lowest BCUT2D eigenvalue weighted by Gasteiger charge is -2.14. The summed E-state index contributed by atoms with van der Waals surface area (Å²) in [5.74, 6) is -0.239. The fraction of sp³-hybridized carbons (Fsp3) is 0.333. The Labute approximate surface area is 153 Å². The van der Waals surface area contributed by atoms with Crippen LogP contribution in [0.15, 0.2) is 48.5 Å². The third-order valence-corrected chi connectivity index (χ3v) is 4.41. The molecule has 1 N–H and O–H groups in total. The van der Waals surface area contributed by atoms with E-state index in [1.54, 1.807) is 6.92 Å². The lowest BCUT2D eigenvalue weighted by Crippen LogP contribution is -2.36. The zero-order valence-electron chi connectivity index (χ0n) is 14.9. The molecule has 1 atom stereocenters. The van der Waals surface area contributed by atoms with Gasteiger partial charge in [-0.3, -0.25) is 4.79 Å². The second-order valence-electron chi connectivity index (χ2n) is 6.41. The van der Waals surface area contributed by atoms with Gasteiger partial charge in [-0.15, -0.1) is 0 Å². The molecule has 0 spiro atoms. The molecule has 136 valence electrons. The molecule has 5 nitrogen and oxygen atoms in total. The maximum Gasteiger partial charge on any atom is 0.344 e. The summed E-state index contributed by atoms with van der Waals surface area (Å²) in [5, 5.41) is 2.75. The number of carbonyl (C=O) groups is 2. The van der Waals surface area contributed by atoms with E-state index in [-0.39, 0.29) is 12.5 Å². The Morgan fingerprint density at radius 3 is 2.65 bits per heavy atom. The van der Waals surface area contributed by atoms with Crippen LogP contribution >= 0.6 is 0 Å². The standard InChI is InChI=1S/C21H23NO4/c1-15(21(24)22-13-16-6-3-2-4-7-16)26-20(23)14-25-19-11-10-17-8-5-9-18(17)12-19/h2-4,6-7,10-12,15H,5,8-9,13-14H2,1H3,(H,22,24)/t15-/m1/s1. The van der Waals surface area contributed by atoms with Crippen molar-refractivity contribution in [2.75, 3.05) is 6.61 Å². The quantitative estimate of drug-likeness (QED) is 0.778. The molecule has 1 aliphatic rings. The van der Waals surface area contributed by atoms with Gasteiger partial charge in [0.05, 0.1) is 0 Å². The van der Waals surface area contributed by atoms with Crippen molar-refractivity contribution in [3.8, 4) is 5.75 Å². The predicted octanol–water partition coefficient (Wildman–Crippen LogP) is 2.80. The highest BCUT2D eigenvalue weighted by molar-refractivity contribution is 5.83. The normalized spacial score (nSPS) is 13.6. The van der Waals surface area contributed by atoms with Gasteiger partial charge in [0.1, 0.15) is 5.75 Å². The van der Waals surface area contributed by atoms with Crippen LogP contribution in [0.2, 0.25) is 0 Å². The second-order valence-corrected chi connectivity index (χ2v) is 6.41. The van der Waals surface area contributed by atoms with Gasteiger partial charge in [0.15, 0.2) is 12.7 Å². The topological polar surface area (TPSA) is 64.6 Å². The maximum absolute atomic E-state index is 12.0. The fourth-order valence-electron chi connectivity index (χ4n) is 2.99. The molecule has 0 saturated heterocycles. The minimum atomic E-state index is -0.866. The number of hydrogen-bond donors (Lipinski definition) is 1. The smallest absolute Gasteiger partial charge is 0.344 e. The lowest BCUT2D eigenvalue weighted by atomic mass is 10.1. The van der Waals surface area contributed by atoms with Crippen molar-refractivity contribution in [1.82, 2.24) is 5.32 Å². The molecule has 2 aromatic carbocycles. The van der Waals surface area contributed by atoms with Crippen LogP contribution in [0.5, 0.6) is 5.75 Å². The number of rotatable bonds is 7. The van der Waals surface area contributed by atoms with Crippen LogP contribution in [0.3, 0.4) is 0 Å². The first kappa shape index (κ1) is 18.0. The Bertz CT molecular complexity index is 773. The van der Waals surface area contributed by atoms with E-state index < -0.39 is 12.1 Å². The van der Waals surface area contributed by atoms with Crippen LogP contribution < -0.4 is 10.1 Å². The molecule has 5 heteroatoms. The summed E-state index contributed by atoms with van der Waals surface area (Å²) in [5.41, 5.74) is 3.62. The predicted molar refractivity (Wildman–Crippen MR) is 97.8 cm³/mol. The second kappa shape index (κ2) is 8.52. The summed E-state index contributed by atoms with van der Waals surface area (Å²) < 4.78 is 10.6. The van der Waals surface area contributed by atoms with E-state index >= 15 is 0 Å². The summed E-state index contributed by atoms with van der Waals surface area (Å²) in [6.45, 7) is 1.73. The van der Waals surface area contributed by atoms with Crippen molar-refractivity contribution < 1.29 is 19.1 Å². The van der Waals surface area contributed by atoms with Gasteiger partial charge in [-0.25, -0.2) is 4.79 Å². The summed E-state index contributed by atoms with van der Waals surface area (Å²) >= 11 is 0. The zero-order chi connectivity index (χ0) is 18.4. The molecule has 0 radical (unpaired) electrons. The molecule has 0 saturated carbocycles. The summed E-state index contributed by atoms with van der Waals surface area (Å²) in [7, 11) is 0. The third-order valence-electron chi connectivity index (χ3n) is 4.41. The number of ether oxygens (including phenoxy) is 2. The highest BCUT2D eigenvalue weighted by atomic mass is 16.6. The molecule has 1 aliphatic carbocycles. The molecular weight excluding hydrogens is 330 g/mol. The number of hydrogen-bond acceptors (Lipinski definition) is 4. The van der Waals surface area contributed by atoms with Crippen molar-refractivity contribution in [2.45, 2.75) is 38.8 Å². The fourth-order valence-corrected chi connectivity index (χ4v) is 2.99. The number of benzene rings is 2. The van der Waals surface area contributed by atoms with Gasteiger partial charge in [-0.2, -0.15) is 0 Å². The maximum atomic E-state index is 12.0. The van der Waals surface area contributed by atoms with Crippen molar-refractivity contribution in [2.24, 2.45) is 0 Å². The Morgan fingerprint density at radius 2 is 1.85 bits per heavy atom. The van der Waals surface area contributed by atoms with E-state index in [9.17, 15) is 9.59 Å². The largest absolute Gasteiger partial charge is 0.482 e. The van der Waals surface area contributed by atoms with Crippen LogP contribution in [0.25, 0.3) is 0 Å². The molecule has 2 aromatic rings. The molecule has 0 heterocycles. The third kappa shape index (κ3) is 4.85. The van der Waals surface area contributed by atoms with Gasteiger partial charge in [0.2, 0.25) is 0 Å². The Morgan fingerprint density at radius 1 is 1.08 bits per heavy atom. The zero-order valence-corrected chi connectivity index (χ0v) is 14.9. The average molecular weight is 353 g/mol. The Kier molecular flexibility index (Phi) is 5.89. The van der Waals surface area contributed by atoms with Gasteiger partial charge >= 0.3 is 5.97 Å². The summed E-state index contributed by atoms with van der Waals surface area (Å²) in [4.78, 5) is 23.9. The number of aryl methyl sites for hydroxylation is 2. The molecule has 0 fully saturated rings. The highest BCUT2D eigenvalue weighted by Gasteiger charge is 2.18. The van der Waals surface area contributed by atoms with E-state index in [1.807, 2.05) is 48.5 Å². The number of esters is 1. The van der Waals surface area contributed by atoms with Crippen molar-refractivity contribution >= 4 is 11.9 Å². The summed E-state index contributed by atoms with van der Waals surface area (Å²) in [6, 6.07) is 15.4. The van der Waals surface area contributed by atoms with Gasteiger partial charge in [-0.05, 0) is 55.0 Å². The molecule has 0 aromatic heterocycles. The van der Waals surface area contributed by atoms with Gasteiger partial charge in [0, 0.05) is 6.54 Å². The number of amides is 1. The number of nitrogens with one attached hydrogen (secondary N) is 1. The minimum Gasteiger partial charge on any atom is -0.482 e. The Hall–Kier alpha value is -2.82. The molecule has 1 amide bonds. The monoisotopic (exact) mass is 353 g/mol. The van der Waals surface area contributed by atoms with Gasteiger partial charge in [0.25, 0.3) is 5.91 Å². The molecule has 26 heavy (non-hydrogen) atoms. The van der Waals surface area contributed by atoms with E-state index in [0.29, 0.717) is 12.3 Å². The highest BCUT2D eigenvalue weighted by Crippen LogP contribution is 2.25. The number of fused-ring (bicyclic) bond motifs is 1.